The van der Waals surface area contributed by atoms with Crippen molar-refractivity contribution < 1.29 is 14.7 Å². The molecule has 0 aliphatic heterocycles. The van der Waals surface area contributed by atoms with Crippen LogP contribution in [-0.4, -0.2) is 21.8 Å². The fourth-order valence-corrected chi connectivity index (χ4v) is 1.90. The minimum Gasteiger partial charge on any atom is -0.481 e. The molecule has 4 nitrogen and oxygen atoms in total. The summed E-state index contributed by atoms with van der Waals surface area (Å²) in [7, 11) is 0. The second-order valence-corrected chi connectivity index (χ2v) is 4.21. The van der Waals surface area contributed by atoms with Crippen LogP contribution in [0.4, 0.5) is 0 Å². The van der Waals surface area contributed by atoms with E-state index in [0.29, 0.717) is 16.8 Å². The van der Waals surface area contributed by atoms with Crippen molar-refractivity contribution in [3.63, 3.8) is 0 Å². The Morgan fingerprint density at radius 1 is 1.11 bits per heavy atom. The topological polar surface area (TPSA) is 67.3 Å². The van der Waals surface area contributed by atoms with E-state index < -0.39 is 5.97 Å². The van der Waals surface area contributed by atoms with Crippen LogP contribution < -0.4 is 0 Å². The SMILES string of the molecule is Cc1ccccc1C(=O)c1cccnc1CC(=O)O. The van der Waals surface area contributed by atoms with Crippen molar-refractivity contribution >= 4 is 11.8 Å². The molecule has 0 radical (unpaired) electrons. The summed E-state index contributed by atoms with van der Waals surface area (Å²) in [5.74, 6) is -1.19. The lowest BCUT2D eigenvalue weighted by Crippen LogP contribution is -2.12. The molecule has 0 unspecified atom stereocenters. The third-order valence-electron chi connectivity index (χ3n) is 2.84. The molecule has 2 aromatic rings. The van der Waals surface area contributed by atoms with Crippen molar-refractivity contribution in [2.75, 3.05) is 0 Å². The molecule has 1 N–H and O–H groups in total. The highest BCUT2D eigenvalue weighted by Gasteiger charge is 2.17. The van der Waals surface area contributed by atoms with Crippen molar-refractivity contribution in [3.8, 4) is 0 Å². The first kappa shape index (κ1) is 13.0. The summed E-state index contributed by atoms with van der Waals surface area (Å²) in [5, 5.41) is 8.85. The third-order valence-corrected chi connectivity index (χ3v) is 2.84. The average molecular weight is 255 g/mol. The van der Waals surface area contributed by atoms with E-state index in [-0.39, 0.29) is 12.2 Å². The maximum Gasteiger partial charge on any atom is 0.309 e. The summed E-state index contributed by atoms with van der Waals surface area (Å²) in [6.45, 7) is 1.85. The fraction of sp³-hybridized carbons (Fsp3) is 0.133. The molecule has 0 aliphatic carbocycles. The normalized spacial score (nSPS) is 10.2. The van der Waals surface area contributed by atoms with Gasteiger partial charge in [0, 0.05) is 17.3 Å². The number of aromatic nitrogens is 1. The first-order valence-electron chi connectivity index (χ1n) is 5.85. The molecule has 2 rings (SSSR count). The Kier molecular flexibility index (Phi) is 3.71. The van der Waals surface area contributed by atoms with Gasteiger partial charge < -0.3 is 5.11 Å². The second kappa shape index (κ2) is 5.44. The molecule has 0 saturated carbocycles. The summed E-state index contributed by atoms with van der Waals surface area (Å²) in [6.07, 6.45) is 1.24. The lowest BCUT2D eigenvalue weighted by Gasteiger charge is -2.07. The Bertz CT molecular complexity index is 635. The number of aliphatic carboxylic acids is 1. The zero-order chi connectivity index (χ0) is 13.8. The monoisotopic (exact) mass is 255 g/mol. The highest BCUT2D eigenvalue weighted by Crippen LogP contribution is 2.16. The number of carbonyl (C=O) groups is 2. The van der Waals surface area contributed by atoms with Gasteiger partial charge in [-0.25, -0.2) is 0 Å². The minimum atomic E-state index is -1.00. The van der Waals surface area contributed by atoms with Gasteiger partial charge in [-0.05, 0) is 24.6 Å². The van der Waals surface area contributed by atoms with E-state index in [0.717, 1.165) is 5.56 Å². The Morgan fingerprint density at radius 2 is 1.79 bits per heavy atom. The van der Waals surface area contributed by atoms with Gasteiger partial charge in [-0.15, -0.1) is 0 Å². The maximum absolute atomic E-state index is 12.4. The quantitative estimate of drug-likeness (QED) is 0.851. The lowest BCUT2D eigenvalue weighted by molar-refractivity contribution is -0.136. The molecule has 1 aromatic carbocycles. The molecule has 1 heterocycles. The number of carboxylic acids is 1. The van der Waals surface area contributed by atoms with Crippen LogP contribution in [-0.2, 0) is 11.2 Å². The predicted molar refractivity (Wildman–Crippen MR) is 70.2 cm³/mol. The highest BCUT2D eigenvalue weighted by molar-refractivity contribution is 6.10. The van der Waals surface area contributed by atoms with Gasteiger partial charge in [-0.1, -0.05) is 24.3 Å². The van der Waals surface area contributed by atoms with E-state index in [1.807, 2.05) is 19.1 Å². The number of benzene rings is 1. The highest BCUT2D eigenvalue weighted by atomic mass is 16.4. The van der Waals surface area contributed by atoms with Gasteiger partial charge in [0.05, 0.1) is 12.1 Å². The second-order valence-electron chi connectivity index (χ2n) is 4.21. The molecule has 0 fully saturated rings. The molecule has 0 bridgehead atoms. The molecule has 4 heteroatoms. The van der Waals surface area contributed by atoms with Gasteiger partial charge in [0.1, 0.15) is 0 Å². The number of hydrogen-bond donors (Lipinski definition) is 1. The van der Waals surface area contributed by atoms with E-state index >= 15 is 0 Å². The summed E-state index contributed by atoms with van der Waals surface area (Å²) < 4.78 is 0. The van der Waals surface area contributed by atoms with Crippen molar-refractivity contribution in [1.82, 2.24) is 4.98 Å². The Balaban J connectivity index is 2.45. The van der Waals surface area contributed by atoms with E-state index in [1.165, 1.54) is 6.20 Å². The van der Waals surface area contributed by atoms with Crippen LogP contribution in [0, 0.1) is 6.92 Å². The summed E-state index contributed by atoms with van der Waals surface area (Å²) >= 11 is 0. The number of hydrogen-bond acceptors (Lipinski definition) is 3. The predicted octanol–water partition coefficient (Wildman–Crippen LogP) is 2.25. The molecule has 0 aliphatic rings. The largest absolute Gasteiger partial charge is 0.481 e. The number of pyridine rings is 1. The van der Waals surface area contributed by atoms with Gasteiger partial charge in [0.15, 0.2) is 5.78 Å². The van der Waals surface area contributed by atoms with E-state index in [4.69, 9.17) is 5.11 Å². The third kappa shape index (κ3) is 2.85. The first-order valence-corrected chi connectivity index (χ1v) is 5.85. The number of aryl methyl sites for hydroxylation is 1. The summed E-state index contributed by atoms with van der Waals surface area (Å²) in [5.41, 5.74) is 2.07. The number of carboxylic acid groups (broad SMARTS) is 1. The van der Waals surface area contributed by atoms with Crippen LogP contribution >= 0.6 is 0 Å². The van der Waals surface area contributed by atoms with Crippen LogP contribution in [0.2, 0.25) is 0 Å². The van der Waals surface area contributed by atoms with Gasteiger partial charge >= 0.3 is 5.97 Å². The molecular formula is C15H13NO3. The van der Waals surface area contributed by atoms with Crippen LogP contribution in [0.1, 0.15) is 27.2 Å². The van der Waals surface area contributed by atoms with Crippen molar-refractivity contribution in [3.05, 3.63) is 65.0 Å². The van der Waals surface area contributed by atoms with E-state index in [2.05, 4.69) is 4.98 Å². The van der Waals surface area contributed by atoms with Gasteiger partial charge in [0.2, 0.25) is 0 Å². The number of rotatable bonds is 4. The Hall–Kier alpha value is -2.49. The Morgan fingerprint density at radius 3 is 2.47 bits per heavy atom. The number of ketones is 1. The van der Waals surface area contributed by atoms with Gasteiger partial charge in [-0.3, -0.25) is 14.6 Å². The standard InChI is InChI=1S/C15H13NO3/c1-10-5-2-3-6-11(10)15(19)12-7-4-8-16-13(12)9-14(17)18/h2-8H,9H2,1H3,(H,17,18). The molecule has 0 amide bonds. The fourth-order valence-electron chi connectivity index (χ4n) is 1.90. The van der Waals surface area contributed by atoms with Gasteiger partial charge in [-0.2, -0.15) is 0 Å². The van der Waals surface area contributed by atoms with E-state index in [1.54, 1.807) is 24.3 Å². The van der Waals surface area contributed by atoms with E-state index in [9.17, 15) is 9.59 Å². The molecule has 96 valence electrons. The van der Waals surface area contributed by atoms with Crippen LogP contribution in [0.25, 0.3) is 0 Å². The van der Waals surface area contributed by atoms with Crippen molar-refractivity contribution in [2.24, 2.45) is 0 Å². The average Bonchev–Trinajstić information content (AvgIpc) is 2.38. The number of carbonyl (C=O) groups excluding carboxylic acids is 1. The first-order chi connectivity index (χ1) is 9.09. The summed E-state index contributed by atoms with van der Waals surface area (Å²) in [4.78, 5) is 27.2. The molecule has 0 spiro atoms. The van der Waals surface area contributed by atoms with Crippen LogP contribution in [0.3, 0.4) is 0 Å². The number of nitrogens with zero attached hydrogens (tertiary/aromatic N) is 1. The molecule has 1 aromatic heterocycles. The van der Waals surface area contributed by atoms with Crippen LogP contribution in [0.5, 0.6) is 0 Å². The maximum atomic E-state index is 12.4. The van der Waals surface area contributed by atoms with Crippen molar-refractivity contribution in [2.45, 2.75) is 13.3 Å². The lowest BCUT2D eigenvalue weighted by atomic mass is 9.97. The van der Waals surface area contributed by atoms with Gasteiger partial charge in [0.25, 0.3) is 0 Å². The Labute approximate surface area is 110 Å². The van der Waals surface area contributed by atoms with Crippen molar-refractivity contribution in [1.29, 1.82) is 0 Å². The zero-order valence-corrected chi connectivity index (χ0v) is 10.5. The smallest absolute Gasteiger partial charge is 0.309 e. The zero-order valence-electron chi connectivity index (χ0n) is 10.5. The van der Waals surface area contributed by atoms with Crippen LogP contribution in [0.15, 0.2) is 42.6 Å². The summed E-state index contributed by atoms with van der Waals surface area (Å²) in [6, 6.07) is 10.5. The molecule has 0 saturated heterocycles. The molecule has 0 atom stereocenters. The molecular weight excluding hydrogens is 242 g/mol. The molecule has 19 heavy (non-hydrogen) atoms. The minimum absolute atomic E-state index is 0.192.